The highest BCUT2D eigenvalue weighted by Crippen LogP contribution is 2.25. The molecule has 1 aromatic rings. The monoisotopic (exact) mass is 277 g/mol. The van der Waals surface area contributed by atoms with Gasteiger partial charge in [0.2, 0.25) is 0 Å². The van der Waals surface area contributed by atoms with Crippen molar-refractivity contribution in [1.29, 1.82) is 0 Å². The summed E-state index contributed by atoms with van der Waals surface area (Å²) >= 11 is 0. The van der Waals surface area contributed by atoms with E-state index in [0.717, 1.165) is 44.6 Å². The zero-order chi connectivity index (χ0) is 14.4. The third-order valence-corrected chi connectivity index (χ3v) is 4.38. The van der Waals surface area contributed by atoms with Crippen molar-refractivity contribution in [2.75, 3.05) is 26.8 Å². The maximum absolute atomic E-state index is 10.6. The van der Waals surface area contributed by atoms with E-state index in [0.29, 0.717) is 5.92 Å². The summed E-state index contributed by atoms with van der Waals surface area (Å²) in [4.78, 5) is 2.33. The molecule has 0 bridgehead atoms. The first-order valence-electron chi connectivity index (χ1n) is 7.73. The van der Waals surface area contributed by atoms with Gasteiger partial charge in [0.25, 0.3) is 0 Å². The Morgan fingerprint density at radius 3 is 2.50 bits per heavy atom. The Labute approximate surface area is 122 Å². The Balaban J connectivity index is 1.95. The standard InChI is InChI=1S/C17H27NO2/c1-3-16(17(19)15-7-5-4-6-8-15)18(2)13-14-9-11-20-12-10-14/h4-8,14,16-17,19H,3,9-13H2,1-2H3. The lowest BCUT2D eigenvalue weighted by atomic mass is 9.95. The van der Waals surface area contributed by atoms with E-state index < -0.39 is 6.10 Å². The summed E-state index contributed by atoms with van der Waals surface area (Å²) in [7, 11) is 2.13. The van der Waals surface area contributed by atoms with Crippen LogP contribution in [0.25, 0.3) is 0 Å². The number of hydrogen-bond acceptors (Lipinski definition) is 3. The van der Waals surface area contributed by atoms with Gasteiger partial charge in [0.15, 0.2) is 0 Å². The number of nitrogens with zero attached hydrogens (tertiary/aromatic N) is 1. The predicted octanol–water partition coefficient (Wildman–Crippen LogP) is 2.86. The molecule has 0 radical (unpaired) electrons. The lowest BCUT2D eigenvalue weighted by Crippen LogP contribution is -2.40. The summed E-state index contributed by atoms with van der Waals surface area (Å²) in [6, 6.07) is 10.2. The van der Waals surface area contributed by atoms with Gasteiger partial charge in [0.1, 0.15) is 0 Å². The topological polar surface area (TPSA) is 32.7 Å². The normalized spacial score (nSPS) is 20.0. The van der Waals surface area contributed by atoms with Gasteiger partial charge >= 0.3 is 0 Å². The number of likely N-dealkylation sites (N-methyl/N-ethyl adjacent to an activating group) is 1. The molecule has 2 rings (SSSR count). The molecule has 1 N–H and O–H groups in total. The molecule has 3 heteroatoms. The Kier molecular flexibility index (Phi) is 6.02. The fraction of sp³-hybridized carbons (Fsp3) is 0.647. The summed E-state index contributed by atoms with van der Waals surface area (Å²) in [5.41, 5.74) is 1.01. The molecule has 1 heterocycles. The summed E-state index contributed by atoms with van der Waals surface area (Å²) in [5, 5.41) is 10.6. The van der Waals surface area contributed by atoms with E-state index in [9.17, 15) is 5.11 Å². The molecule has 0 saturated carbocycles. The highest BCUT2D eigenvalue weighted by atomic mass is 16.5. The van der Waals surface area contributed by atoms with Gasteiger partial charge in [0, 0.05) is 25.8 Å². The smallest absolute Gasteiger partial charge is 0.0944 e. The third-order valence-electron chi connectivity index (χ3n) is 4.38. The number of hydrogen-bond donors (Lipinski definition) is 1. The van der Waals surface area contributed by atoms with Gasteiger partial charge in [-0.25, -0.2) is 0 Å². The quantitative estimate of drug-likeness (QED) is 0.868. The largest absolute Gasteiger partial charge is 0.387 e. The predicted molar refractivity (Wildman–Crippen MR) is 81.7 cm³/mol. The van der Waals surface area contributed by atoms with Crippen molar-refractivity contribution in [1.82, 2.24) is 4.90 Å². The van der Waals surface area contributed by atoms with Crippen molar-refractivity contribution >= 4 is 0 Å². The third kappa shape index (κ3) is 4.05. The second-order valence-electron chi connectivity index (χ2n) is 5.83. The number of rotatable bonds is 6. The van der Waals surface area contributed by atoms with Crippen LogP contribution in [0.1, 0.15) is 37.9 Å². The average Bonchev–Trinajstić information content (AvgIpc) is 2.49. The van der Waals surface area contributed by atoms with E-state index in [2.05, 4.69) is 18.9 Å². The van der Waals surface area contributed by atoms with Gasteiger partial charge < -0.3 is 14.7 Å². The molecule has 2 atom stereocenters. The van der Waals surface area contributed by atoms with Gasteiger partial charge in [0.05, 0.1) is 6.10 Å². The minimum Gasteiger partial charge on any atom is -0.387 e. The van der Waals surface area contributed by atoms with Crippen LogP contribution in [0.2, 0.25) is 0 Å². The molecule has 1 saturated heterocycles. The van der Waals surface area contributed by atoms with Crippen LogP contribution in [0.5, 0.6) is 0 Å². The van der Waals surface area contributed by atoms with Gasteiger partial charge in [-0.1, -0.05) is 37.3 Å². The number of aliphatic hydroxyl groups is 1. The lowest BCUT2D eigenvalue weighted by molar-refractivity contribution is 0.0229. The minimum atomic E-state index is -0.411. The maximum Gasteiger partial charge on any atom is 0.0944 e. The zero-order valence-corrected chi connectivity index (χ0v) is 12.7. The Morgan fingerprint density at radius 2 is 1.90 bits per heavy atom. The summed E-state index contributed by atoms with van der Waals surface area (Å²) in [6.07, 6.45) is 2.83. The summed E-state index contributed by atoms with van der Waals surface area (Å²) in [6.45, 7) is 4.97. The van der Waals surface area contributed by atoms with Gasteiger partial charge in [-0.2, -0.15) is 0 Å². The highest BCUT2D eigenvalue weighted by Gasteiger charge is 2.25. The fourth-order valence-electron chi connectivity index (χ4n) is 3.12. The number of aliphatic hydroxyl groups excluding tert-OH is 1. The zero-order valence-electron chi connectivity index (χ0n) is 12.7. The molecule has 1 fully saturated rings. The van der Waals surface area contributed by atoms with Crippen molar-refractivity contribution in [2.45, 2.75) is 38.3 Å². The fourth-order valence-corrected chi connectivity index (χ4v) is 3.12. The van der Waals surface area contributed by atoms with Crippen LogP contribution in [0.15, 0.2) is 30.3 Å². The Bertz CT molecular complexity index is 376. The van der Waals surface area contributed by atoms with Crippen molar-refractivity contribution in [2.24, 2.45) is 5.92 Å². The molecule has 20 heavy (non-hydrogen) atoms. The van der Waals surface area contributed by atoms with Crippen LogP contribution >= 0.6 is 0 Å². The van der Waals surface area contributed by atoms with E-state index in [1.54, 1.807) is 0 Å². The molecular weight excluding hydrogens is 250 g/mol. The average molecular weight is 277 g/mol. The van der Waals surface area contributed by atoms with Crippen LogP contribution < -0.4 is 0 Å². The Hall–Kier alpha value is -0.900. The minimum absolute atomic E-state index is 0.181. The lowest BCUT2D eigenvalue weighted by Gasteiger charge is -2.35. The van der Waals surface area contributed by atoms with E-state index >= 15 is 0 Å². The van der Waals surface area contributed by atoms with Crippen LogP contribution in [0.3, 0.4) is 0 Å². The van der Waals surface area contributed by atoms with Crippen molar-refractivity contribution < 1.29 is 9.84 Å². The maximum atomic E-state index is 10.6. The molecule has 3 nitrogen and oxygen atoms in total. The van der Waals surface area contributed by atoms with Crippen molar-refractivity contribution in [3.63, 3.8) is 0 Å². The van der Waals surface area contributed by atoms with Crippen LogP contribution in [-0.4, -0.2) is 42.9 Å². The van der Waals surface area contributed by atoms with Gasteiger partial charge in [-0.15, -0.1) is 0 Å². The molecule has 0 aromatic heterocycles. The van der Waals surface area contributed by atoms with E-state index in [1.807, 2.05) is 30.3 Å². The summed E-state index contributed by atoms with van der Waals surface area (Å²) < 4.78 is 5.42. The first-order valence-corrected chi connectivity index (χ1v) is 7.73. The van der Waals surface area contributed by atoms with Crippen LogP contribution in [0.4, 0.5) is 0 Å². The molecule has 112 valence electrons. The number of ether oxygens (including phenoxy) is 1. The SMILES string of the molecule is CCC(C(O)c1ccccc1)N(C)CC1CCOCC1. The Morgan fingerprint density at radius 1 is 1.25 bits per heavy atom. The van der Waals surface area contributed by atoms with E-state index in [-0.39, 0.29) is 6.04 Å². The molecule has 0 amide bonds. The van der Waals surface area contributed by atoms with Crippen molar-refractivity contribution in [3.05, 3.63) is 35.9 Å². The first kappa shape index (κ1) is 15.5. The highest BCUT2D eigenvalue weighted by molar-refractivity contribution is 5.18. The van der Waals surface area contributed by atoms with Gasteiger partial charge in [-0.3, -0.25) is 0 Å². The second kappa shape index (κ2) is 7.77. The molecule has 1 aliphatic rings. The molecular formula is C17H27NO2. The van der Waals surface area contributed by atoms with E-state index in [1.165, 1.54) is 0 Å². The molecule has 1 aliphatic heterocycles. The molecule has 2 unspecified atom stereocenters. The number of benzene rings is 1. The molecule has 0 aliphatic carbocycles. The molecule has 1 aromatic carbocycles. The second-order valence-corrected chi connectivity index (χ2v) is 5.83. The first-order chi connectivity index (χ1) is 9.72. The van der Waals surface area contributed by atoms with Crippen molar-refractivity contribution in [3.8, 4) is 0 Å². The van der Waals surface area contributed by atoms with Crippen LogP contribution in [0, 0.1) is 5.92 Å². The van der Waals surface area contributed by atoms with E-state index in [4.69, 9.17) is 4.74 Å². The molecule has 0 spiro atoms. The van der Waals surface area contributed by atoms with Gasteiger partial charge in [-0.05, 0) is 37.8 Å². The summed E-state index contributed by atoms with van der Waals surface area (Å²) in [5.74, 6) is 0.700. The van der Waals surface area contributed by atoms with Crippen LogP contribution in [-0.2, 0) is 4.74 Å².